The molecule has 0 radical (unpaired) electrons. The standard InChI is InChI=1S/C7H13NO2/c1-3-6-4-8(2)7(9)10-5-6/h6H,3-5H2,1-2H3. The molecule has 58 valence electrons. The second kappa shape index (κ2) is 2.90. The lowest BCUT2D eigenvalue weighted by Gasteiger charge is -2.28. The van der Waals surface area contributed by atoms with Gasteiger partial charge in [-0.05, 0) is 6.42 Å². The fourth-order valence-corrected chi connectivity index (χ4v) is 1.06. The Morgan fingerprint density at radius 2 is 2.50 bits per heavy atom. The van der Waals surface area contributed by atoms with Crippen LogP contribution in [0.1, 0.15) is 13.3 Å². The predicted molar refractivity (Wildman–Crippen MR) is 37.8 cm³/mol. The van der Waals surface area contributed by atoms with Gasteiger partial charge in [0.25, 0.3) is 0 Å². The maximum atomic E-state index is 10.8. The Balaban J connectivity index is 2.40. The third-order valence-corrected chi connectivity index (χ3v) is 1.86. The van der Waals surface area contributed by atoms with E-state index in [0.29, 0.717) is 12.5 Å². The Labute approximate surface area is 61.0 Å². The van der Waals surface area contributed by atoms with E-state index in [1.54, 1.807) is 11.9 Å². The minimum Gasteiger partial charge on any atom is -0.449 e. The Morgan fingerprint density at radius 3 is 3.00 bits per heavy atom. The van der Waals surface area contributed by atoms with Crippen molar-refractivity contribution in [1.29, 1.82) is 0 Å². The third-order valence-electron chi connectivity index (χ3n) is 1.86. The Kier molecular flexibility index (Phi) is 2.14. The van der Waals surface area contributed by atoms with Crippen LogP contribution in [0.25, 0.3) is 0 Å². The summed E-state index contributed by atoms with van der Waals surface area (Å²) in [7, 11) is 1.77. The second-order valence-electron chi connectivity index (χ2n) is 2.73. The summed E-state index contributed by atoms with van der Waals surface area (Å²) in [6, 6.07) is 0. The van der Waals surface area contributed by atoms with Crippen molar-refractivity contribution in [2.24, 2.45) is 5.92 Å². The molecule has 3 nitrogen and oxygen atoms in total. The molecule has 1 unspecified atom stereocenters. The summed E-state index contributed by atoms with van der Waals surface area (Å²) in [6.07, 6.45) is 0.891. The molecule has 1 heterocycles. The molecule has 1 atom stereocenters. The molecule has 1 rings (SSSR count). The molecule has 0 aliphatic carbocycles. The predicted octanol–water partition coefficient (Wildman–Crippen LogP) is 1.09. The lowest BCUT2D eigenvalue weighted by atomic mass is 10.1. The highest BCUT2D eigenvalue weighted by atomic mass is 16.6. The van der Waals surface area contributed by atoms with Crippen LogP contribution in [0.15, 0.2) is 0 Å². The van der Waals surface area contributed by atoms with Crippen LogP contribution in [0, 0.1) is 5.92 Å². The number of ether oxygens (including phenoxy) is 1. The summed E-state index contributed by atoms with van der Waals surface area (Å²) in [5.41, 5.74) is 0. The van der Waals surface area contributed by atoms with Gasteiger partial charge in [0.05, 0.1) is 6.61 Å². The lowest BCUT2D eigenvalue weighted by Crippen LogP contribution is -2.40. The topological polar surface area (TPSA) is 29.5 Å². The molecule has 0 aromatic heterocycles. The first-order valence-corrected chi connectivity index (χ1v) is 3.62. The summed E-state index contributed by atoms with van der Waals surface area (Å²) < 4.78 is 4.88. The SMILES string of the molecule is CCC1COC(=O)N(C)C1. The molecule has 3 heteroatoms. The highest BCUT2D eigenvalue weighted by Crippen LogP contribution is 2.11. The first-order chi connectivity index (χ1) is 4.74. The molecule has 10 heavy (non-hydrogen) atoms. The number of nitrogens with zero attached hydrogens (tertiary/aromatic N) is 1. The molecule has 0 N–H and O–H groups in total. The maximum absolute atomic E-state index is 10.8. The molecular weight excluding hydrogens is 130 g/mol. The van der Waals surface area contributed by atoms with Crippen molar-refractivity contribution in [3.05, 3.63) is 0 Å². The quantitative estimate of drug-likeness (QED) is 0.550. The highest BCUT2D eigenvalue weighted by Gasteiger charge is 2.22. The van der Waals surface area contributed by atoms with Crippen LogP contribution in [0.4, 0.5) is 4.79 Å². The van der Waals surface area contributed by atoms with E-state index in [1.165, 1.54) is 0 Å². The number of carbonyl (C=O) groups excluding carboxylic acids is 1. The zero-order valence-corrected chi connectivity index (χ0v) is 6.46. The van der Waals surface area contributed by atoms with Crippen LogP contribution >= 0.6 is 0 Å². The summed E-state index contributed by atoms with van der Waals surface area (Å²) in [5, 5.41) is 0. The van der Waals surface area contributed by atoms with Gasteiger partial charge in [-0.2, -0.15) is 0 Å². The van der Waals surface area contributed by atoms with Gasteiger partial charge in [-0.25, -0.2) is 4.79 Å². The van der Waals surface area contributed by atoms with Crippen LogP contribution in [0.5, 0.6) is 0 Å². The van der Waals surface area contributed by atoms with E-state index in [2.05, 4.69) is 6.92 Å². The number of cyclic esters (lactones) is 1. The molecule has 1 amide bonds. The zero-order chi connectivity index (χ0) is 7.56. The number of hydrogen-bond acceptors (Lipinski definition) is 2. The maximum Gasteiger partial charge on any atom is 0.409 e. The Bertz CT molecular complexity index is 136. The van der Waals surface area contributed by atoms with Gasteiger partial charge >= 0.3 is 6.09 Å². The largest absolute Gasteiger partial charge is 0.449 e. The highest BCUT2D eigenvalue weighted by molar-refractivity contribution is 5.67. The fourth-order valence-electron chi connectivity index (χ4n) is 1.06. The van der Waals surface area contributed by atoms with Gasteiger partial charge < -0.3 is 9.64 Å². The molecule has 0 aromatic carbocycles. The van der Waals surface area contributed by atoms with Crippen LogP contribution in [0.2, 0.25) is 0 Å². The van der Waals surface area contributed by atoms with E-state index in [1.807, 2.05) is 0 Å². The summed E-state index contributed by atoms with van der Waals surface area (Å²) >= 11 is 0. The number of rotatable bonds is 1. The Hall–Kier alpha value is -0.730. The smallest absolute Gasteiger partial charge is 0.409 e. The minimum absolute atomic E-state index is 0.190. The average molecular weight is 143 g/mol. The van der Waals surface area contributed by atoms with Gasteiger partial charge in [-0.3, -0.25) is 0 Å². The molecule has 1 aliphatic rings. The van der Waals surface area contributed by atoms with Crippen molar-refractivity contribution in [2.45, 2.75) is 13.3 Å². The molecule has 0 saturated carbocycles. The summed E-state index contributed by atoms with van der Waals surface area (Å²) in [4.78, 5) is 12.4. The lowest BCUT2D eigenvalue weighted by molar-refractivity contribution is 0.0521. The van der Waals surface area contributed by atoms with Crippen LogP contribution < -0.4 is 0 Å². The number of hydrogen-bond donors (Lipinski definition) is 0. The van der Waals surface area contributed by atoms with E-state index in [-0.39, 0.29) is 6.09 Å². The van der Waals surface area contributed by atoms with Crippen LogP contribution in [-0.4, -0.2) is 31.2 Å². The molecule has 0 aromatic rings. The van der Waals surface area contributed by atoms with E-state index in [0.717, 1.165) is 13.0 Å². The van der Waals surface area contributed by atoms with E-state index in [9.17, 15) is 4.79 Å². The van der Waals surface area contributed by atoms with Gasteiger partial charge in [0.15, 0.2) is 0 Å². The van der Waals surface area contributed by atoms with Gasteiger partial charge in [-0.15, -0.1) is 0 Å². The zero-order valence-electron chi connectivity index (χ0n) is 6.46. The summed E-state index contributed by atoms with van der Waals surface area (Å²) in [5.74, 6) is 0.530. The first-order valence-electron chi connectivity index (χ1n) is 3.62. The van der Waals surface area contributed by atoms with Crippen molar-refractivity contribution < 1.29 is 9.53 Å². The first kappa shape index (κ1) is 7.38. The van der Waals surface area contributed by atoms with E-state index in [4.69, 9.17) is 4.74 Å². The molecule has 0 spiro atoms. The normalized spacial score (nSPS) is 26.4. The second-order valence-corrected chi connectivity index (χ2v) is 2.73. The minimum atomic E-state index is -0.190. The van der Waals surface area contributed by atoms with Gasteiger partial charge in [0.2, 0.25) is 0 Å². The van der Waals surface area contributed by atoms with Crippen molar-refractivity contribution in [2.75, 3.05) is 20.2 Å². The monoisotopic (exact) mass is 143 g/mol. The van der Waals surface area contributed by atoms with Crippen molar-refractivity contribution >= 4 is 6.09 Å². The van der Waals surface area contributed by atoms with Gasteiger partial charge in [0, 0.05) is 19.5 Å². The number of amides is 1. The molecule has 1 aliphatic heterocycles. The molecule has 0 bridgehead atoms. The van der Waals surface area contributed by atoms with E-state index < -0.39 is 0 Å². The van der Waals surface area contributed by atoms with Crippen molar-refractivity contribution in [3.63, 3.8) is 0 Å². The van der Waals surface area contributed by atoms with Gasteiger partial charge in [0.1, 0.15) is 0 Å². The van der Waals surface area contributed by atoms with Crippen LogP contribution in [0.3, 0.4) is 0 Å². The van der Waals surface area contributed by atoms with Crippen molar-refractivity contribution in [3.8, 4) is 0 Å². The fraction of sp³-hybridized carbons (Fsp3) is 0.857. The Morgan fingerprint density at radius 1 is 1.80 bits per heavy atom. The third kappa shape index (κ3) is 1.40. The number of carbonyl (C=O) groups is 1. The van der Waals surface area contributed by atoms with Crippen molar-refractivity contribution in [1.82, 2.24) is 4.90 Å². The average Bonchev–Trinajstić information content (AvgIpc) is 1.95. The van der Waals surface area contributed by atoms with Gasteiger partial charge in [-0.1, -0.05) is 6.92 Å². The molecule has 1 fully saturated rings. The molecular formula is C7H13NO2. The van der Waals surface area contributed by atoms with E-state index >= 15 is 0 Å². The summed E-state index contributed by atoms with van der Waals surface area (Å²) in [6.45, 7) is 3.55. The molecule has 1 saturated heterocycles. The van der Waals surface area contributed by atoms with Crippen LogP contribution in [-0.2, 0) is 4.74 Å².